The van der Waals surface area contributed by atoms with Crippen LogP contribution >= 0.6 is 15.9 Å². The molecule has 1 N–H and O–H groups in total. The molecule has 0 fully saturated rings. The van der Waals surface area contributed by atoms with Crippen molar-refractivity contribution >= 4 is 15.9 Å². The molecule has 0 radical (unpaired) electrons. The first-order valence-corrected chi connectivity index (χ1v) is 5.83. The fourth-order valence-corrected chi connectivity index (χ4v) is 1.31. The standard InChI is InChI=1S/C9H20BrNO/c1-3-5-6-11(4-2)8-9(12)7-10/h9,12H,3-8H2,1-2H3. The van der Waals surface area contributed by atoms with Gasteiger partial charge >= 0.3 is 0 Å². The second-order valence-corrected chi connectivity index (χ2v) is 3.70. The van der Waals surface area contributed by atoms with E-state index in [1.165, 1.54) is 12.8 Å². The van der Waals surface area contributed by atoms with Crippen LogP contribution in [-0.2, 0) is 0 Å². The summed E-state index contributed by atoms with van der Waals surface area (Å²) in [6.45, 7) is 7.26. The second kappa shape index (κ2) is 8.02. The number of likely N-dealkylation sites (N-methyl/N-ethyl adjacent to an activating group) is 1. The molecule has 0 bridgehead atoms. The molecule has 0 spiro atoms. The molecule has 3 heteroatoms. The summed E-state index contributed by atoms with van der Waals surface area (Å²) in [6, 6.07) is 0. The molecule has 1 unspecified atom stereocenters. The van der Waals surface area contributed by atoms with E-state index in [4.69, 9.17) is 0 Å². The van der Waals surface area contributed by atoms with Crippen molar-refractivity contribution in [2.45, 2.75) is 32.8 Å². The highest BCUT2D eigenvalue weighted by molar-refractivity contribution is 9.09. The van der Waals surface area contributed by atoms with Gasteiger partial charge < -0.3 is 10.0 Å². The molecule has 12 heavy (non-hydrogen) atoms. The van der Waals surface area contributed by atoms with Crippen molar-refractivity contribution in [1.82, 2.24) is 4.90 Å². The summed E-state index contributed by atoms with van der Waals surface area (Å²) < 4.78 is 0. The zero-order chi connectivity index (χ0) is 9.40. The molecule has 0 saturated heterocycles. The Morgan fingerprint density at radius 1 is 1.42 bits per heavy atom. The first-order valence-electron chi connectivity index (χ1n) is 4.70. The number of hydrogen-bond donors (Lipinski definition) is 1. The van der Waals surface area contributed by atoms with Gasteiger partial charge in [0.2, 0.25) is 0 Å². The van der Waals surface area contributed by atoms with Gasteiger partial charge in [-0.1, -0.05) is 36.2 Å². The zero-order valence-corrected chi connectivity index (χ0v) is 9.68. The first-order chi connectivity index (χ1) is 5.74. The van der Waals surface area contributed by atoms with Crippen LogP contribution in [0.1, 0.15) is 26.7 Å². The van der Waals surface area contributed by atoms with E-state index in [0.717, 1.165) is 19.6 Å². The van der Waals surface area contributed by atoms with Crippen molar-refractivity contribution in [3.05, 3.63) is 0 Å². The fourth-order valence-electron chi connectivity index (χ4n) is 1.11. The summed E-state index contributed by atoms with van der Waals surface area (Å²) in [7, 11) is 0. The smallest absolute Gasteiger partial charge is 0.0763 e. The molecular formula is C9H20BrNO. The van der Waals surface area contributed by atoms with Crippen molar-refractivity contribution in [2.24, 2.45) is 0 Å². The van der Waals surface area contributed by atoms with E-state index in [-0.39, 0.29) is 6.10 Å². The molecule has 0 aromatic heterocycles. The van der Waals surface area contributed by atoms with E-state index in [2.05, 4.69) is 34.7 Å². The zero-order valence-electron chi connectivity index (χ0n) is 8.09. The van der Waals surface area contributed by atoms with E-state index < -0.39 is 0 Å². The maximum absolute atomic E-state index is 9.37. The lowest BCUT2D eigenvalue weighted by atomic mass is 10.3. The van der Waals surface area contributed by atoms with E-state index in [0.29, 0.717) is 5.33 Å². The topological polar surface area (TPSA) is 23.5 Å². The second-order valence-electron chi connectivity index (χ2n) is 3.05. The van der Waals surface area contributed by atoms with Crippen LogP contribution in [0.25, 0.3) is 0 Å². The molecule has 0 aromatic rings. The lowest BCUT2D eigenvalue weighted by Crippen LogP contribution is -2.33. The van der Waals surface area contributed by atoms with E-state index in [1.54, 1.807) is 0 Å². The first kappa shape index (κ1) is 12.4. The minimum Gasteiger partial charge on any atom is -0.391 e. The Morgan fingerprint density at radius 3 is 2.50 bits per heavy atom. The Bertz CT molecular complexity index is 101. The third-order valence-electron chi connectivity index (χ3n) is 1.92. The van der Waals surface area contributed by atoms with Crippen molar-refractivity contribution in [3.63, 3.8) is 0 Å². The molecule has 0 aliphatic rings. The number of halogens is 1. The van der Waals surface area contributed by atoms with Crippen LogP contribution in [0.2, 0.25) is 0 Å². The third-order valence-corrected chi connectivity index (χ3v) is 2.67. The van der Waals surface area contributed by atoms with Gasteiger partial charge in [0.05, 0.1) is 6.10 Å². The van der Waals surface area contributed by atoms with Crippen molar-refractivity contribution in [1.29, 1.82) is 0 Å². The average Bonchev–Trinajstić information content (AvgIpc) is 2.11. The van der Waals surface area contributed by atoms with Crippen LogP contribution in [0, 0.1) is 0 Å². The predicted octanol–water partition coefficient (Wildman–Crippen LogP) is 1.86. The summed E-state index contributed by atoms with van der Waals surface area (Å²) in [5, 5.41) is 10.0. The SMILES string of the molecule is CCCCN(CC)CC(O)CBr. The van der Waals surface area contributed by atoms with Gasteiger partial charge in [-0.05, 0) is 19.5 Å². The quantitative estimate of drug-likeness (QED) is 0.684. The monoisotopic (exact) mass is 237 g/mol. The van der Waals surface area contributed by atoms with Gasteiger partial charge in [0.15, 0.2) is 0 Å². The van der Waals surface area contributed by atoms with E-state index in [9.17, 15) is 5.11 Å². The van der Waals surface area contributed by atoms with Crippen LogP contribution in [0.4, 0.5) is 0 Å². The van der Waals surface area contributed by atoms with Crippen LogP contribution in [0.5, 0.6) is 0 Å². The van der Waals surface area contributed by atoms with Gasteiger partial charge in [-0.2, -0.15) is 0 Å². The molecule has 2 nitrogen and oxygen atoms in total. The Morgan fingerprint density at radius 2 is 2.08 bits per heavy atom. The molecule has 0 amide bonds. The largest absolute Gasteiger partial charge is 0.391 e. The highest BCUT2D eigenvalue weighted by Crippen LogP contribution is 1.98. The van der Waals surface area contributed by atoms with Crippen molar-refractivity contribution < 1.29 is 5.11 Å². The predicted molar refractivity (Wildman–Crippen MR) is 56.8 cm³/mol. The Balaban J connectivity index is 3.51. The summed E-state index contributed by atoms with van der Waals surface area (Å²) >= 11 is 3.26. The maximum Gasteiger partial charge on any atom is 0.0763 e. The number of aliphatic hydroxyl groups excluding tert-OH is 1. The minimum absolute atomic E-state index is 0.221. The fraction of sp³-hybridized carbons (Fsp3) is 1.00. The highest BCUT2D eigenvalue weighted by Gasteiger charge is 2.07. The van der Waals surface area contributed by atoms with E-state index >= 15 is 0 Å². The van der Waals surface area contributed by atoms with Crippen molar-refractivity contribution in [3.8, 4) is 0 Å². The summed E-state index contributed by atoms with van der Waals surface area (Å²) in [4.78, 5) is 2.29. The van der Waals surface area contributed by atoms with Gasteiger partial charge in [-0.15, -0.1) is 0 Å². The van der Waals surface area contributed by atoms with Gasteiger partial charge in [0.1, 0.15) is 0 Å². The lowest BCUT2D eigenvalue weighted by Gasteiger charge is -2.22. The van der Waals surface area contributed by atoms with Crippen LogP contribution in [0.15, 0.2) is 0 Å². The number of hydrogen-bond acceptors (Lipinski definition) is 2. The lowest BCUT2D eigenvalue weighted by molar-refractivity contribution is 0.133. The van der Waals surface area contributed by atoms with Crippen LogP contribution in [0.3, 0.4) is 0 Å². The number of unbranched alkanes of at least 4 members (excludes halogenated alkanes) is 1. The number of aliphatic hydroxyl groups is 1. The van der Waals surface area contributed by atoms with Gasteiger partial charge in [-0.3, -0.25) is 0 Å². The Kier molecular flexibility index (Phi) is 8.29. The molecular weight excluding hydrogens is 218 g/mol. The van der Waals surface area contributed by atoms with Gasteiger partial charge in [0, 0.05) is 11.9 Å². The minimum atomic E-state index is -0.221. The van der Waals surface area contributed by atoms with Gasteiger partial charge in [-0.25, -0.2) is 0 Å². The van der Waals surface area contributed by atoms with Gasteiger partial charge in [0.25, 0.3) is 0 Å². The molecule has 0 aliphatic heterocycles. The van der Waals surface area contributed by atoms with Crippen molar-refractivity contribution in [2.75, 3.05) is 25.0 Å². The van der Waals surface area contributed by atoms with Crippen LogP contribution in [-0.4, -0.2) is 41.1 Å². The summed E-state index contributed by atoms with van der Waals surface area (Å²) in [5.41, 5.74) is 0. The molecule has 0 aromatic carbocycles. The normalized spacial score (nSPS) is 13.8. The number of rotatable bonds is 7. The Labute approximate surface area is 84.1 Å². The summed E-state index contributed by atoms with van der Waals surface area (Å²) in [5.74, 6) is 0. The highest BCUT2D eigenvalue weighted by atomic mass is 79.9. The number of nitrogens with zero attached hydrogens (tertiary/aromatic N) is 1. The number of alkyl halides is 1. The Hall–Kier alpha value is 0.400. The summed E-state index contributed by atoms with van der Waals surface area (Å²) in [6.07, 6.45) is 2.23. The molecule has 0 aliphatic carbocycles. The molecule has 0 rings (SSSR count). The molecule has 1 atom stereocenters. The van der Waals surface area contributed by atoms with E-state index in [1.807, 2.05) is 0 Å². The molecule has 0 saturated carbocycles. The van der Waals surface area contributed by atoms with Crippen LogP contribution < -0.4 is 0 Å². The third kappa shape index (κ3) is 5.98. The molecule has 0 heterocycles. The average molecular weight is 238 g/mol. The maximum atomic E-state index is 9.37. The molecule has 74 valence electrons.